The fourth-order valence-corrected chi connectivity index (χ4v) is 2.56. The van der Waals surface area contributed by atoms with Gasteiger partial charge >= 0.3 is 0 Å². The van der Waals surface area contributed by atoms with Crippen molar-refractivity contribution in [3.8, 4) is 0 Å². The average molecular weight is 166 g/mol. The predicted octanol–water partition coefficient (Wildman–Crippen LogP) is 2.65. The number of rotatable bonds is 0. The number of hydrogen-bond acceptors (Lipinski definition) is 1. The molecule has 0 aliphatic heterocycles. The van der Waals surface area contributed by atoms with E-state index in [2.05, 4.69) is 6.08 Å². The highest BCUT2D eigenvalue weighted by Crippen LogP contribution is 2.35. The molecule has 1 saturated carbocycles. The topological polar surface area (TPSA) is 20.2 Å². The summed E-state index contributed by atoms with van der Waals surface area (Å²) in [7, 11) is 0. The smallest absolute Gasteiger partial charge is 0.0729 e. The first-order valence-corrected chi connectivity index (χ1v) is 5.25. The minimum absolute atomic E-state index is 0.122. The van der Waals surface area contributed by atoms with Gasteiger partial charge in [0.25, 0.3) is 0 Å². The van der Waals surface area contributed by atoms with Gasteiger partial charge in [0.2, 0.25) is 0 Å². The maximum absolute atomic E-state index is 9.47. The molecule has 0 amide bonds. The zero-order valence-corrected chi connectivity index (χ0v) is 7.63. The lowest BCUT2D eigenvalue weighted by atomic mass is 9.88. The Kier molecular flexibility index (Phi) is 2.50. The number of hydrogen-bond donors (Lipinski definition) is 1. The second kappa shape index (κ2) is 3.61. The average Bonchev–Trinajstić information content (AvgIpc) is 2.32. The largest absolute Gasteiger partial charge is 0.389 e. The molecule has 2 atom stereocenters. The van der Waals surface area contributed by atoms with Crippen molar-refractivity contribution in [2.24, 2.45) is 5.92 Å². The zero-order valence-electron chi connectivity index (χ0n) is 7.63. The van der Waals surface area contributed by atoms with Crippen LogP contribution < -0.4 is 0 Å². The van der Waals surface area contributed by atoms with Crippen molar-refractivity contribution in [1.29, 1.82) is 0 Å². The van der Waals surface area contributed by atoms with Gasteiger partial charge in [0.05, 0.1) is 6.10 Å². The summed E-state index contributed by atoms with van der Waals surface area (Å²) in [6.45, 7) is 0. The lowest BCUT2D eigenvalue weighted by molar-refractivity contribution is 0.206. The molecular formula is C11H18O. The second-order valence-electron chi connectivity index (χ2n) is 4.19. The fourth-order valence-electron chi connectivity index (χ4n) is 2.56. The molecule has 1 nitrogen and oxygen atoms in total. The molecule has 0 radical (unpaired) electrons. The summed E-state index contributed by atoms with van der Waals surface area (Å²) in [6, 6.07) is 0. The van der Waals surface area contributed by atoms with Gasteiger partial charge in [-0.3, -0.25) is 0 Å². The molecule has 0 aromatic carbocycles. The van der Waals surface area contributed by atoms with E-state index in [4.69, 9.17) is 0 Å². The number of aliphatic hydroxyl groups excluding tert-OH is 1. The van der Waals surface area contributed by atoms with Crippen LogP contribution in [0.1, 0.15) is 44.9 Å². The third-order valence-electron chi connectivity index (χ3n) is 3.22. The van der Waals surface area contributed by atoms with E-state index in [-0.39, 0.29) is 6.10 Å². The van der Waals surface area contributed by atoms with Crippen LogP contribution in [0.15, 0.2) is 11.6 Å². The van der Waals surface area contributed by atoms with E-state index in [1.807, 2.05) is 0 Å². The highest BCUT2D eigenvalue weighted by molar-refractivity contribution is 5.16. The summed E-state index contributed by atoms with van der Waals surface area (Å²) in [5, 5.41) is 9.47. The maximum Gasteiger partial charge on any atom is 0.0729 e. The van der Waals surface area contributed by atoms with E-state index in [9.17, 15) is 5.11 Å². The molecule has 1 fully saturated rings. The maximum atomic E-state index is 9.47. The molecule has 1 N–H and O–H groups in total. The Bertz CT molecular complexity index is 183. The first kappa shape index (κ1) is 8.31. The number of fused-ring (bicyclic) bond motifs is 1. The monoisotopic (exact) mass is 166 g/mol. The SMILES string of the molecule is OC1C=C2CCCCCCC2C1. The van der Waals surface area contributed by atoms with Crippen molar-refractivity contribution in [1.82, 2.24) is 0 Å². The molecule has 0 aromatic rings. The van der Waals surface area contributed by atoms with Crippen LogP contribution in [-0.4, -0.2) is 11.2 Å². The van der Waals surface area contributed by atoms with Crippen molar-refractivity contribution in [3.63, 3.8) is 0 Å². The normalized spacial score (nSPS) is 36.6. The lowest BCUT2D eigenvalue weighted by Gasteiger charge is -2.17. The van der Waals surface area contributed by atoms with Gasteiger partial charge in [-0.1, -0.05) is 30.9 Å². The Hall–Kier alpha value is -0.300. The molecule has 2 aliphatic rings. The highest BCUT2D eigenvalue weighted by atomic mass is 16.3. The van der Waals surface area contributed by atoms with Gasteiger partial charge in [0.15, 0.2) is 0 Å². The van der Waals surface area contributed by atoms with Gasteiger partial charge in [0, 0.05) is 0 Å². The van der Waals surface area contributed by atoms with E-state index in [1.165, 1.54) is 38.5 Å². The van der Waals surface area contributed by atoms with Crippen molar-refractivity contribution in [3.05, 3.63) is 11.6 Å². The quantitative estimate of drug-likeness (QED) is 0.548. The third-order valence-corrected chi connectivity index (χ3v) is 3.22. The first-order valence-electron chi connectivity index (χ1n) is 5.25. The van der Waals surface area contributed by atoms with Gasteiger partial charge in [-0.25, -0.2) is 0 Å². The second-order valence-corrected chi connectivity index (χ2v) is 4.19. The van der Waals surface area contributed by atoms with Crippen LogP contribution in [0.5, 0.6) is 0 Å². The molecular weight excluding hydrogens is 148 g/mol. The minimum atomic E-state index is -0.122. The molecule has 12 heavy (non-hydrogen) atoms. The predicted molar refractivity (Wildman–Crippen MR) is 49.9 cm³/mol. The Labute approximate surface area is 74.5 Å². The molecule has 2 unspecified atom stereocenters. The summed E-state index contributed by atoms with van der Waals surface area (Å²) in [5.74, 6) is 0.736. The van der Waals surface area contributed by atoms with Crippen LogP contribution in [-0.2, 0) is 0 Å². The molecule has 2 aliphatic carbocycles. The van der Waals surface area contributed by atoms with Crippen LogP contribution in [0.3, 0.4) is 0 Å². The van der Waals surface area contributed by atoms with Crippen LogP contribution in [0.25, 0.3) is 0 Å². The Balaban J connectivity index is 2.01. The van der Waals surface area contributed by atoms with Crippen LogP contribution >= 0.6 is 0 Å². The lowest BCUT2D eigenvalue weighted by Crippen LogP contribution is -2.05. The molecule has 0 bridgehead atoms. The highest BCUT2D eigenvalue weighted by Gasteiger charge is 2.24. The molecule has 0 spiro atoms. The summed E-state index contributed by atoms with van der Waals surface area (Å²) >= 11 is 0. The zero-order chi connectivity index (χ0) is 8.39. The van der Waals surface area contributed by atoms with Crippen LogP contribution in [0, 0.1) is 5.92 Å². The molecule has 68 valence electrons. The number of aliphatic hydroxyl groups is 1. The third kappa shape index (κ3) is 1.71. The van der Waals surface area contributed by atoms with Gasteiger partial charge < -0.3 is 5.11 Å². The fraction of sp³-hybridized carbons (Fsp3) is 0.818. The van der Waals surface area contributed by atoms with Gasteiger partial charge in [0.1, 0.15) is 0 Å². The van der Waals surface area contributed by atoms with Crippen LogP contribution in [0.2, 0.25) is 0 Å². The number of allylic oxidation sites excluding steroid dienone is 1. The summed E-state index contributed by atoms with van der Waals surface area (Å²) in [4.78, 5) is 0. The molecule has 0 aromatic heterocycles. The van der Waals surface area contributed by atoms with Gasteiger partial charge in [-0.2, -0.15) is 0 Å². The van der Waals surface area contributed by atoms with E-state index in [0.717, 1.165) is 12.3 Å². The van der Waals surface area contributed by atoms with Gasteiger partial charge in [-0.05, 0) is 31.6 Å². The summed E-state index contributed by atoms with van der Waals surface area (Å²) in [6.07, 6.45) is 11.1. The minimum Gasteiger partial charge on any atom is -0.389 e. The molecule has 0 saturated heterocycles. The van der Waals surface area contributed by atoms with Crippen molar-refractivity contribution in [2.45, 2.75) is 51.0 Å². The first-order chi connectivity index (χ1) is 5.86. The van der Waals surface area contributed by atoms with E-state index < -0.39 is 0 Å². The summed E-state index contributed by atoms with van der Waals surface area (Å²) in [5.41, 5.74) is 1.56. The molecule has 0 heterocycles. The Morgan fingerprint density at radius 1 is 1.17 bits per heavy atom. The molecule has 2 rings (SSSR count). The van der Waals surface area contributed by atoms with Crippen molar-refractivity contribution >= 4 is 0 Å². The Morgan fingerprint density at radius 2 is 2.00 bits per heavy atom. The van der Waals surface area contributed by atoms with Gasteiger partial charge in [-0.15, -0.1) is 0 Å². The van der Waals surface area contributed by atoms with Crippen LogP contribution in [0.4, 0.5) is 0 Å². The van der Waals surface area contributed by atoms with E-state index in [1.54, 1.807) is 5.57 Å². The Morgan fingerprint density at radius 3 is 2.92 bits per heavy atom. The van der Waals surface area contributed by atoms with E-state index in [0.29, 0.717) is 0 Å². The summed E-state index contributed by atoms with van der Waals surface area (Å²) < 4.78 is 0. The van der Waals surface area contributed by atoms with E-state index >= 15 is 0 Å². The van der Waals surface area contributed by atoms with Crippen molar-refractivity contribution in [2.75, 3.05) is 0 Å². The van der Waals surface area contributed by atoms with Crippen molar-refractivity contribution < 1.29 is 5.11 Å². The standard InChI is InChI=1S/C11H18O/c12-11-7-9-5-3-1-2-4-6-10(9)8-11/h7,10-12H,1-6,8H2. The molecule has 1 heteroatoms.